The Morgan fingerprint density at radius 1 is 1.08 bits per heavy atom. The van der Waals surface area contributed by atoms with Crippen molar-refractivity contribution < 1.29 is 4.74 Å². The molecule has 6 rings (SSSR count). The maximum atomic E-state index is 14.2. The molecule has 0 saturated heterocycles. The summed E-state index contributed by atoms with van der Waals surface area (Å²) in [6.07, 6.45) is 4.34. The molecule has 2 aromatic heterocycles. The number of ether oxygens (including phenoxy) is 1. The van der Waals surface area contributed by atoms with Crippen molar-refractivity contribution in [2.75, 3.05) is 0 Å². The Morgan fingerprint density at radius 2 is 1.87 bits per heavy atom. The lowest BCUT2D eigenvalue weighted by molar-refractivity contribution is 0.138. The zero-order valence-electron chi connectivity index (χ0n) is 22.3. The molecule has 0 atom stereocenters. The van der Waals surface area contributed by atoms with E-state index in [0.29, 0.717) is 29.7 Å². The summed E-state index contributed by atoms with van der Waals surface area (Å²) >= 11 is 0. The molecule has 7 nitrogen and oxygen atoms in total. The summed E-state index contributed by atoms with van der Waals surface area (Å²) in [5, 5.41) is 14.0. The van der Waals surface area contributed by atoms with Crippen LogP contribution in [0, 0.1) is 11.3 Å². The van der Waals surface area contributed by atoms with Crippen LogP contribution in [-0.2, 0) is 19.3 Å². The van der Waals surface area contributed by atoms with Crippen LogP contribution in [0.25, 0.3) is 22.6 Å². The van der Waals surface area contributed by atoms with Gasteiger partial charge in [-0.05, 0) is 61.2 Å². The van der Waals surface area contributed by atoms with Crippen LogP contribution in [0.5, 0.6) is 5.75 Å². The van der Waals surface area contributed by atoms with Crippen LogP contribution >= 0.6 is 0 Å². The third-order valence-electron chi connectivity index (χ3n) is 7.28. The summed E-state index contributed by atoms with van der Waals surface area (Å²) in [7, 11) is 0. The number of aryl methyl sites for hydroxylation is 1. The summed E-state index contributed by atoms with van der Waals surface area (Å²) in [6, 6.07) is 23.8. The molecule has 0 aliphatic carbocycles. The minimum absolute atomic E-state index is 0.0871. The normalized spacial score (nSPS) is 13.7. The maximum Gasteiger partial charge on any atom is 0.263 e. The number of nitrogens with zero attached hydrogens (tertiary/aromatic N) is 5. The van der Waals surface area contributed by atoms with E-state index in [1.165, 1.54) is 6.33 Å². The summed E-state index contributed by atoms with van der Waals surface area (Å²) in [5.41, 5.74) is 6.58. The largest absolute Gasteiger partial charge is 0.487 e. The van der Waals surface area contributed by atoms with Gasteiger partial charge in [0.05, 0.1) is 23.0 Å². The highest BCUT2D eigenvalue weighted by atomic mass is 16.5. The molecule has 0 unspecified atom stereocenters. The van der Waals surface area contributed by atoms with E-state index in [0.717, 1.165) is 52.2 Å². The van der Waals surface area contributed by atoms with Crippen molar-refractivity contribution in [3.05, 3.63) is 111 Å². The standard InChI is InChI=1S/C32H29N5O2/c1-4-7-28-27(16-21-10-12-22(13-11-21)26-9-6-5-8-23(26)19-33)30(38)36(31-34-20-35-37(28)31)25-14-15-29-24(17-25)18-32(2,3)39-29/h5-6,8-15,17,20H,4,7,16,18H2,1-3H3. The quantitative estimate of drug-likeness (QED) is 0.291. The van der Waals surface area contributed by atoms with Gasteiger partial charge in [0.1, 0.15) is 17.7 Å². The fourth-order valence-electron chi connectivity index (χ4n) is 5.53. The van der Waals surface area contributed by atoms with Gasteiger partial charge in [0, 0.05) is 24.0 Å². The van der Waals surface area contributed by atoms with Gasteiger partial charge in [-0.1, -0.05) is 55.8 Å². The Hall–Kier alpha value is -4.70. The van der Waals surface area contributed by atoms with Crippen LogP contribution in [0.1, 0.15) is 55.1 Å². The molecule has 1 aliphatic rings. The highest BCUT2D eigenvalue weighted by Gasteiger charge is 2.30. The molecule has 0 spiro atoms. The van der Waals surface area contributed by atoms with Gasteiger partial charge in [0.2, 0.25) is 5.78 Å². The fraction of sp³-hybridized carbons (Fsp3) is 0.250. The van der Waals surface area contributed by atoms with E-state index in [1.54, 1.807) is 4.57 Å². The van der Waals surface area contributed by atoms with Crippen molar-refractivity contribution in [2.45, 2.75) is 52.1 Å². The van der Waals surface area contributed by atoms with Gasteiger partial charge in [-0.25, -0.2) is 9.08 Å². The van der Waals surface area contributed by atoms with Crippen LogP contribution in [0.4, 0.5) is 0 Å². The van der Waals surface area contributed by atoms with Crippen molar-refractivity contribution in [1.29, 1.82) is 5.26 Å². The average Bonchev–Trinajstić information content (AvgIpc) is 3.53. The summed E-state index contributed by atoms with van der Waals surface area (Å²) < 4.78 is 9.54. The highest BCUT2D eigenvalue weighted by Crippen LogP contribution is 2.36. The second-order valence-corrected chi connectivity index (χ2v) is 10.6. The molecular formula is C32H29N5O2. The third-order valence-corrected chi connectivity index (χ3v) is 7.28. The number of hydrogen-bond acceptors (Lipinski definition) is 5. The molecule has 39 heavy (non-hydrogen) atoms. The Balaban J connectivity index is 1.45. The smallest absolute Gasteiger partial charge is 0.263 e. The Labute approximate surface area is 227 Å². The van der Waals surface area contributed by atoms with Crippen molar-refractivity contribution in [3.8, 4) is 28.6 Å². The van der Waals surface area contributed by atoms with Gasteiger partial charge in [-0.3, -0.25) is 4.79 Å². The van der Waals surface area contributed by atoms with Crippen molar-refractivity contribution in [3.63, 3.8) is 0 Å². The predicted octanol–water partition coefficient (Wildman–Crippen LogP) is 5.68. The fourth-order valence-corrected chi connectivity index (χ4v) is 5.53. The Kier molecular flexibility index (Phi) is 6.03. The Morgan fingerprint density at radius 3 is 2.64 bits per heavy atom. The molecule has 1 aliphatic heterocycles. The first kappa shape index (κ1) is 24.6. The first-order chi connectivity index (χ1) is 18.9. The molecule has 194 valence electrons. The van der Waals surface area contributed by atoms with Gasteiger partial charge in [-0.15, -0.1) is 0 Å². The van der Waals surface area contributed by atoms with E-state index in [2.05, 4.69) is 36.9 Å². The predicted molar refractivity (Wildman–Crippen MR) is 150 cm³/mol. The zero-order valence-corrected chi connectivity index (χ0v) is 22.3. The minimum atomic E-state index is -0.272. The van der Waals surface area contributed by atoms with Crippen molar-refractivity contribution >= 4 is 5.78 Å². The summed E-state index contributed by atoms with van der Waals surface area (Å²) in [4.78, 5) is 18.7. The SMILES string of the molecule is CCCc1c(Cc2ccc(-c3ccccc3C#N)cc2)c(=O)n(-c2ccc3c(c2)CC(C)(C)O3)c2ncnn12. The van der Waals surface area contributed by atoms with Crippen molar-refractivity contribution in [1.82, 2.24) is 19.2 Å². The van der Waals surface area contributed by atoms with Gasteiger partial charge in [0.25, 0.3) is 5.56 Å². The van der Waals surface area contributed by atoms with Crippen LogP contribution in [0.3, 0.4) is 0 Å². The van der Waals surface area contributed by atoms with Gasteiger partial charge in [0.15, 0.2) is 0 Å². The molecule has 0 fully saturated rings. The molecule has 5 aromatic rings. The van der Waals surface area contributed by atoms with E-state index in [9.17, 15) is 10.1 Å². The van der Waals surface area contributed by atoms with E-state index >= 15 is 0 Å². The molecule has 7 heteroatoms. The Bertz CT molecular complexity index is 1810. The number of aromatic nitrogens is 4. The van der Waals surface area contributed by atoms with Crippen LogP contribution in [0.15, 0.2) is 77.9 Å². The summed E-state index contributed by atoms with van der Waals surface area (Å²) in [5.74, 6) is 1.36. The lowest BCUT2D eigenvalue weighted by Gasteiger charge is -2.16. The van der Waals surface area contributed by atoms with Crippen LogP contribution in [-0.4, -0.2) is 24.8 Å². The van der Waals surface area contributed by atoms with Gasteiger partial charge in [-0.2, -0.15) is 15.3 Å². The molecule has 0 saturated carbocycles. The summed E-state index contributed by atoms with van der Waals surface area (Å²) in [6.45, 7) is 6.23. The molecular weight excluding hydrogens is 486 g/mol. The number of hydrogen-bond donors (Lipinski definition) is 0. The molecule has 0 bridgehead atoms. The molecule has 3 aromatic carbocycles. The number of rotatable bonds is 6. The number of fused-ring (bicyclic) bond motifs is 2. The topological polar surface area (TPSA) is 85.2 Å². The van der Waals surface area contributed by atoms with Crippen LogP contribution in [0.2, 0.25) is 0 Å². The highest BCUT2D eigenvalue weighted by molar-refractivity contribution is 5.70. The number of benzene rings is 3. The van der Waals surface area contributed by atoms with Gasteiger partial charge < -0.3 is 4.74 Å². The van der Waals surface area contributed by atoms with Gasteiger partial charge >= 0.3 is 0 Å². The zero-order chi connectivity index (χ0) is 27.1. The third kappa shape index (κ3) is 4.38. The van der Waals surface area contributed by atoms with E-state index in [1.807, 2.05) is 71.2 Å². The van der Waals surface area contributed by atoms with E-state index in [4.69, 9.17) is 4.74 Å². The molecule has 0 radical (unpaired) electrons. The second kappa shape index (κ2) is 9.55. The minimum Gasteiger partial charge on any atom is -0.487 e. The lowest BCUT2D eigenvalue weighted by atomic mass is 9.97. The van der Waals surface area contributed by atoms with Crippen molar-refractivity contribution in [2.24, 2.45) is 0 Å². The molecule has 3 heterocycles. The first-order valence-corrected chi connectivity index (χ1v) is 13.3. The maximum absolute atomic E-state index is 14.2. The lowest BCUT2D eigenvalue weighted by Crippen LogP contribution is -2.28. The second-order valence-electron chi connectivity index (χ2n) is 10.6. The number of nitriles is 1. The van der Waals surface area contributed by atoms with Crippen LogP contribution < -0.4 is 10.3 Å². The molecule has 0 N–H and O–H groups in total. The first-order valence-electron chi connectivity index (χ1n) is 13.3. The van der Waals surface area contributed by atoms with E-state index in [-0.39, 0.29) is 11.2 Å². The molecule has 0 amide bonds. The average molecular weight is 516 g/mol. The van der Waals surface area contributed by atoms with E-state index < -0.39 is 0 Å². The monoisotopic (exact) mass is 515 g/mol.